The molecule has 0 aliphatic carbocycles. The van der Waals surface area contributed by atoms with Crippen molar-refractivity contribution in [1.82, 2.24) is 15.0 Å². The Morgan fingerprint density at radius 2 is 1.83 bits per heavy atom. The van der Waals surface area contributed by atoms with Gasteiger partial charge in [-0.3, -0.25) is 4.79 Å². The van der Waals surface area contributed by atoms with Gasteiger partial charge in [0.1, 0.15) is 5.69 Å². The highest BCUT2D eigenvalue weighted by Crippen LogP contribution is 2.28. The standard InChI is InChI=1S/C18H24Cl2N6O3/c1-21-17-16(26(12-27)25(6-8-28-2)7-9-29-3)11-22-18(24-17)23-13-4-5-14(19)15(20)10-13/h4-5,10-12H,6-9H2,1-3H3,(H2,21,22,23,24). The third kappa shape index (κ3) is 6.41. The van der Waals surface area contributed by atoms with Crippen molar-refractivity contribution in [3.05, 3.63) is 34.4 Å². The van der Waals surface area contributed by atoms with Crippen molar-refractivity contribution in [2.24, 2.45) is 0 Å². The van der Waals surface area contributed by atoms with E-state index in [1.807, 2.05) is 0 Å². The molecule has 1 heterocycles. The first kappa shape index (κ1) is 23.1. The smallest absolute Gasteiger partial charge is 0.229 e. The normalized spacial score (nSPS) is 10.8. The van der Waals surface area contributed by atoms with E-state index in [-0.39, 0.29) is 0 Å². The molecule has 29 heavy (non-hydrogen) atoms. The van der Waals surface area contributed by atoms with E-state index >= 15 is 0 Å². The van der Waals surface area contributed by atoms with Crippen molar-refractivity contribution in [1.29, 1.82) is 0 Å². The second-order valence-electron chi connectivity index (χ2n) is 5.82. The van der Waals surface area contributed by atoms with Gasteiger partial charge in [0.25, 0.3) is 0 Å². The molecule has 0 fully saturated rings. The molecule has 2 N–H and O–H groups in total. The average Bonchev–Trinajstić information content (AvgIpc) is 2.73. The zero-order valence-corrected chi connectivity index (χ0v) is 18.0. The molecular weight excluding hydrogens is 419 g/mol. The number of rotatable bonds is 12. The molecule has 0 saturated heterocycles. The van der Waals surface area contributed by atoms with Crippen LogP contribution in [0.2, 0.25) is 10.0 Å². The van der Waals surface area contributed by atoms with E-state index in [4.69, 9.17) is 32.7 Å². The summed E-state index contributed by atoms with van der Waals surface area (Å²) in [7, 11) is 4.92. The first-order valence-corrected chi connectivity index (χ1v) is 9.53. The lowest BCUT2D eigenvalue weighted by atomic mass is 10.3. The van der Waals surface area contributed by atoms with Gasteiger partial charge in [0.2, 0.25) is 12.4 Å². The van der Waals surface area contributed by atoms with E-state index in [0.29, 0.717) is 65.9 Å². The lowest BCUT2D eigenvalue weighted by Crippen LogP contribution is -2.46. The minimum Gasteiger partial charge on any atom is -0.383 e. The van der Waals surface area contributed by atoms with Gasteiger partial charge < -0.3 is 20.1 Å². The Kier molecular flexibility index (Phi) is 9.36. The fourth-order valence-corrected chi connectivity index (χ4v) is 2.78. The molecule has 11 heteroatoms. The van der Waals surface area contributed by atoms with E-state index in [2.05, 4.69) is 20.6 Å². The molecule has 2 rings (SSSR count). The van der Waals surface area contributed by atoms with Crippen LogP contribution in [0.4, 0.5) is 23.1 Å². The molecule has 0 aliphatic rings. The molecule has 158 valence electrons. The van der Waals surface area contributed by atoms with Crippen molar-refractivity contribution in [2.45, 2.75) is 0 Å². The van der Waals surface area contributed by atoms with Crippen LogP contribution in [0.3, 0.4) is 0 Å². The average molecular weight is 443 g/mol. The van der Waals surface area contributed by atoms with Crippen molar-refractivity contribution in [2.75, 3.05) is 63.2 Å². The van der Waals surface area contributed by atoms with Gasteiger partial charge in [-0.1, -0.05) is 23.2 Å². The second kappa shape index (κ2) is 11.7. The Balaban J connectivity index is 2.28. The summed E-state index contributed by atoms with van der Waals surface area (Å²) in [4.78, 5) is 20.6. The van der Waals surface area contributed by atoms with Gasteiger partial charge in [0.05, 0.1) is 29.5 Å². The number of methoxy groups -OCH3 is 2. The number of carbonyl (C=O) groups is 1. The zero-order chi connectivity index (χ0) is 21.2. The third-order valence-corrected chi connectivity index (χ3v) is 4.68. The predicted octanol–water partition coefficient (Wildman–Crippen LogP) is 3.04. The summed E-state index contributed by atoms with van der Waals surface area (Å²) in [6.07, 6.45) is 2.26. The number of amides is 1. The molecule has 0 radical (unpaired) electrons. The Morgan fingerprint density at radius 3 is 2.38 bits per heavy atom. The molecule has 0 spiro atoms. The maximum absolute atomic E-state index is 11.9. The van der Waals surface area contributed by atoms with Gasteiger partial charge in [0, 0.05) is 40.0 Å². The molecule has 1 aromatic heterocycles. The lowest BCUT2D eigenvalue weighted by molar-refractivity contribution is -0.110. The summed E-state index contributed by atoms with van der Waals surface area (Å²) >= 11 is 12.0. The number of benzene rings is 1. The number of aromatic nitrogens is 2. The van der Waals surface area contributed by atoms with E-state index < -0.39 is 0 Å². The van der Waals surface area contributed by atoms with Gasteiger partial charge in [-0.25, -0.2) is 15.0 Å². The second-order valence-corrected chi connectivity index (χ2v) is 6.63. The van der Waals surface area contributed by atoms with Gasteiger partial charge >= 0.3 is 0 Å². The number of ether oxygens (including phenoxy) is 2. The van der Waals surface area contributed by atoms with Crippen LogP contribution < -0.4 is 15.6 Å². The Bertz CT molecular complexity index is 803. The molecule has 9 nitrogen and oxygen atoms in total. The van der Waals surface area contributed by atoms with Crippen LogP contribution >= 0.6 is 23.2 Å². The first-order chi connectivity index (χ1) is 14.0. The number of nitrogens with zero attached hydrogens (tertiary/aromatic N) is 4. The Morgan fingerprint density at radius 1 is 1.14 bits per heavy atom. The monoisotopic (exact) mass is 442 g/mol. The molecule has 0 unspecified atom stereocenters. The van der Waals surface area contributed by atoms with Crippen LogP contribution in [0.5, 0.6) is 0 Å². The number of hydrogen-bond acceptors (Lipinski definition) is 8. The first-order valence-electron chi connectivity index (χ1n) is 8.78. The molecule has 1 aromatic carbocycles. The summed E-state index contributed by atoms with van der Waals surface area (Å²) in [5.74, 6) is 0.803. The zero-order valence-electron chi connectivity index (χ0n) is 16.5. The fraction of sp³-hybridized carbons (Fsp3) is 0.389. The number of anilines is 4. The summed E-state index contributed by atoms with van der Waals surface area (Å²) in [5.41, 5.74) is 1.18. The van der Waals surface area contributed by atoms with Crippen LogP contribution in [-0.4, -0.2) is 69.0 Å². The number of nitrogens with one attached hydrogen (secondary N) is 2. The summed E-state index contributed by atoms with van der Waals surface area (Å²) < 4.78 is 10.3. The largest absolute Gasteiger partial charge is 0.383 e. The van der Waals surface area contributed by atoms with E-state index in [0.717, 1.165) is 0 Å². The molecule has 1 amide bonds. The topological polar surface area (TPSA) is 91.9 Å². The molecule has 0 aliphatic heterocycles. The predicted molar refractivity (Wildman–Crippen MR) is 115 cm³/mol. The van der Waals surface area contributed by atoms with Crippen LogP contribution in [0.25, 0.3) is 0 Å². The van der Waals surface area contributed by atoms with Gasteiger partial charge in [-0.05, 0) is 18.2 Å². The highest BCUT2D eigenvalue weighted by molar-refractivity contribution is 6.42. The number of carbonyl (C=O) groups excluding carboxylic acids is 1. The maximum Gasteiger partial charge on any atom is 0.229 e. The highest BCUT2D eigenvalue weighted by Gasteiger charge is 2.20. The Hall–Kier alpha value is -2.17. The summed E-state index contributed by atoms with van der Waals surface area (Å²) in [6.45, 7) is 1.87. The van der Waals surface area contributed by atoms with Gasteiger partial charge in [0.15, 0.2) is 5.82 Å². The van der Waals surface area contributed by atoms with E-state index in [1.165, 1.54) is 5.01 Å². The van der Waals surface area contributed by atoms with Crippen LogP contribution in [-0.2, 0) is 14.3 Å². The van der Waals surface area contributed by atoms with Crippen molar-refractivity contribution >= 4 is 52.8 Å². The number of hydrazine groups is 1. The molecule has 0 bridgehead atoms. The quantitative estimate of drug-likeness (QED) is 0.382. The van der Waals surface area contributed by atoms with Crippen LogP contribution in [0.1, 0.15) is 0 Å². The van der Waals surface area contributed by atoms with Crippen molar-refractivity contribution in [3.63, 3.8) is 0 Å². The van der Waals surface area contributed by atoms with Crippen LogP contribution in [0, 0.1) is 0 Å². The van der Waals surface area contributed by atoms with Gasteiger partial charge in [-0.15, -0.1) is 0 Å². The fourth-order valence-electron chi connectivity index (χ4n) is 2.49. The number of hydrogen-bond donors (Lipinski definition) is 2. The SMILES string of the molecule is CNc1nc(Nc2ccc(Cl)c(Cl)c2)ncc1N(C=O)N(CCOC)CCOC. The molecule has 2 aromatic rings. The van der Waals surface area contributed by atoms with E-state index in [1.54, 1.807) is 50.7 Å². The summed E-state index contributed by atoms with van der Waals surface area (Å²) in [5, 5.41) is 10.2. The maximum atomic E-state index is 11.9. The minimum atomic E-state index is 0.336. The Labute approximate surface area is 179 Å². The van der Waals surface area contributed by atoms with E-state index in [9.17, 15) is 4.79 Å². The lowest BCUT2D eigenvalue weighted by Gasteiger charge is -2.32. The van der Waals surface area contributed by atoms with Crippen molar-refractivity contribution < 1.29 is 14.3 Å². The molecule has 0 saturated carbocycles. The minimum absolute atomic E-state index is 0.336. The van der Waals surface area contributed by atoms with Gasteiger partial charge in [-0.2, -0.15) is 4.98 Å². The molecule has 0 atom stereocenters. The van der Waals surface area contributed by atoms with Crippen LogP contribution in [0.15, 0.2) is 24.4 Å². The number of halogens is 2. The highest BCUT2D eigenvalue weighted by atomic mass is 35.5. The molecular formula is C18H24Cl2N6O3. The third-order valence-electron chi connectivity index (χ3n) is 3.94. The van der Waals surface area contributed by atoms with Crippen molar-refractivity contribution in [3.8, 4) is 0 Å². The summed E-state index contributed by atoms with van der Waals surface area (Å²) in [6, 6.07) is 5.12.